The van der Waals surface area contributed by atoms with E-state index in [0.717, 1.165) is 6.08 Å². The van der Waals surface area contributed by atoms with Gasteiger partial charge in [0.25, 0.3) is 5.91 Å². The number of hydrogen-bond acceptors (Lipinski definition) is 3. The van der Waals surface area contributed by atoms with Crippen molar-refractivity contribution in [2.24, 2.45) is 0 Å². The zero-order chi connectivity index (χ0) is 7.28. The molecule has 0 spiro atoms. The second-order valence-electron chi connectivity index (χ2n) is 1.26. The van der Waals surface area contributed by atoms with Crippen molar-refractivity contribution in [3.63, 3.8) is 0 Å². The maximum Gasteiger partial charge on any atom is 1.00 e. The first kappa shape index (κ1) is 12.4. The molecule has 0 unspecified atom stereocenters. The van der Waals surface area contributed by atoms with E-state index in [9.17, 15) is 9.59 Å². The van der Waals surface area contributed by atoms with Crippen LogP contribution in [0.5, 0.6) is 0 Å². The molecular formula is C5H8NNaO3. The van der Waals surface area contributed by atoms with Crippen molar-refractivity contribution < 1.29 is 45.4 Å². The van der Waals surface area contributed by atoms with Gasteiger partial charge in [-0.1, -0.05) is 6.58 Å². The normalized spacial score (nSPS) is 6.90. The molecule has 5 heteroatoms. The molecule has 0 heterocycles. The van der Waals surface area contributed by atoms with E-state index < -0.39 is 11.9 Å². The molecule has 0 bridgehead atoms. The van der Waals surface area contributed by atoms with Gasteiger partial charge >= 0.3 is 35.5 Å². The summed E-state index contributed by atoms with van der Waals surface area (Å²) < 4.78 is 0. The molecule has 0 rings (SSSR count). The molecule has 1 amide bonds. The molecule has 0 saturated heterocycles. The van der Waals surface area contributed by atoms with E-state index in [4.69, 9.17) is 0 Å². The third-order valence-electron chi connectivity index (χ3n) is 0.481. The van der Waals surface area contributed by atoms with Crippen LogP contribution in [0.2, 0.25) is 0 Å². The number of amides is 1. The van der Waals surface area contributed by atoms with Crippen LogP contribution < -0.4 is 35.0 Å². The van der Waals surface area contributed by atoms with Gasteiger partial charge < -0.3 is 6.26 Å². The number of nitrogens with one attached hydrogen (secondary N) is 1. The number of hydrogen-bond donors (Lipinski definition) is 1. The molecule has 0 atom stereocenters. The Morgan fingerprint density at radius 1 is 1.70 bits per heavy atom. The molecule has 10 heavy (non-hydrogen) atoms. The summed E-state index contributed by atoms with van der Waals surface area (Å²) in [6, 6.07) is 0. The molecular weight excluding hydrogens is 145 g/mol. The van der Waals surface area contributed by atoms with Gasteiger partial charge in [0.2, 0.25) is 0 Å². The summed E-state index contributed by atoms with van der Waals surface area (Å²) in [5, 5.41) is 0. The standard InChI is InChI=1S/C5H7NO3.Na.H/c1-3-5(8)6-9-4(2)7;;/h3H,1H2,2H3,(H,6,8);;/q;+1;-1. The van der Waals surface area contributed by atoms with Crippen LogP contribution in [0.15, 0.2) is 12.7 Å². The fraction of sp³-hybridized carbons (Fsp3) is 0.200. The van der Waals surface area contributed by atoms with Crippen LogP contribution in [-0.2, 0) is 14.4 Å². The SMILES string of the molecule is C=CC(=O)NOC(C)=O.[H-].[Na+]. The first-order valence-electron chi connectivity index (χ1n) is 2.26. The summed E-state index contributed by atoms with van der Waals surface area (Å²) in [4.78, 5) is 24.3. The van der Waals surface area contributed by atoms with Gasteiger partial charge in [0.1, 0.15) is 0 Å². The Kier molecular flexibility index (Phi) is 8.40. The van der Waals surface area contributed by atoms with E-state index >= 15 is 0 Å². The van der Waals surface area contributed by atoms with Crippen LogP contribution in [-0.4, -0.2) is 11.9 Å². The summed E-state index contributed by atoms with van der Waals surface area (Å²) in [5.74, 6) is -1.10. The van der Waals surface area contributed by atoms with Gasteiger partial charge in [-0.25, -0.2) is 0 Å². The molecule has 0 aliphatic carbocycles. The van der Waals surface area contributed by atoms with Crippen molar-refractivity contribution in [2.45, 2.75) is 6.92 Å². The van der Waals surface area contributed by atoms with Crippen molar-refractivity contribution in [2.75, 3.05) is 0 Å². The van der Waals surface area contributed by atoms with Gasteiger partial charge in [-0.15, -0.1) is 0 Å². The van der Waals surface area contributed by atoms with E-state index in [0.29, 0.717) is 0 Å². The molecule has 0 aromatic carbocycles. The average molecular weight is 153 g/mol. The molecule has 0 aromatic heterocycles. The molecule has 1 N–H and O–H groups in total. The zero-order valence-corrected chi connectivity index (χ0v) is 8.01. The fourth-order valence-corrected chi connectivity index (χ4v) is 0.164. The van der Waals surface area contributed by atoms with Crippen molar-refractivity contribution in [3.8, 4) is 0 Å². The van der Waals surface area contributed by atoms with E-state index in [1.165, 1.54) is 6.92 Å². The fourth-order valence-electron chi connectivity index (χ4n) is 0.164. The maximum atomic E-state index is 10.2. The average Bonchev–Trinajstić information content (AvgIpc) is 1.83. The zero-order valence-electron chi connectivity index (χ0n) is 7.01. The summed E-state index contributed by atoms with van der Waals surface area (Å²) in [6.07, 6.45) is 1.00. The first-order chi connectivity index (χ1) is 4.16. The van der Waals surface area contributed by atoms with Crippen LogP contribution in [0, 0.1) is 0 Å². The smallest absolute Gasteiger partial charge is 1.00 e. The van der Waals surface area contributed by atoms with Crippen molar-refractivity contribution in [1.82, 2.24) is 5.48 Å². The van der Waals surface area contributed by atoms with Crippen LogP contribution in [0.3, 0.4) is 0 Å². The molecule has 0 fully saturated rings. The van der Waals surface area contributed by atoms with Crippen LogP contribution in [0.25, 0.3) is 0 Å². The Labute approximate surface area is 82.3 Å². The van der Waals surface area contributed by atoms with Gasteiger partial charge in [0, 0.05) is 6.92 Å². The van der Waals surface area contributed by atoms with E-state index in [2.05, 4.69) is 11.4 Å². The third kappa shape index (κ3) is 7.68. The maximum absolute atomic E-state index is 10.2. The van der Waals surface area contributed by atoms with E-state index in [1.54, 1.807) is 0 Å². The van der Waals surface area contributed by atoms with Crippen molar-refractivity contribution in [3.05, 3.63) is 12.7 Å². The Morgan fingerprint density at radius 2 is 2.20 bits per heavy atom. The van der Waals surface area contributed by atoms with Crippen LogP contribution in [0.1, 0.15) is 8.35 Å². The van der Waals surface area contributed by atoms with Gasteiger partial charge in [-0.2, -0.15) is 5.48 Å². The summed E-state index contributed by atoms with van der Waals surface area (Å²) in [5.41, 5.74) is 1.83. The summed E-state index contributed by atoms with van der Waals surface area (Å²) in [7, 11) is 0. The quantitative estimate of drug-likeness (QED) is 0.246. The predicted octanol–water partition coefficient (Wildman–Crippen LogP) is -3.12. The number of carbonyl (C=O) groups is 2. The Hall–Kier alpha value is -0.320. The molecule has 0 aliphatic rings. The van der Waals surface area contributed by atoms with Crippen LogP contribution >= 0.6 is 0 Å². The van der Waals surface area contributed by atoms with Crippen molar-refractivity contribution in [1.29, 1.82) is 0 Å². The van der Waals surface area contributed by atoms with Crippen LogP contribution in [0.4, 0.5) is 0 Å². The monoisotopic (exact) mass is 153 g/mol. The number of carbonyl (C=O) groups excluding carboxylic acids is 2. The van der Waals surface area contributed by atoms with E-state index in [1.807, 2.05) is 5.48 Å². The van der Waals surface area contributed by atoms with Gasteiger partial charge in [0.05, 0.1) is 0 Å². The Balaban J connectivity index is -0.000000320. The molecule has 52 valence electrons. The molecule has 0 saturated carbocycles. The first-order valence-corrected chi connectivity index (χ1v) is 2.26. The number of rotatable bonds is 1. The van der Waals surface area contributed by atoms with Crippen molar-refractivity contribution >= 4 is 11.9 Å². The minimum absolute atomic E-state index is 0. The largest absolute Gasteiger partial charge is 1.00 e. The second kappa shape index (κ2) is 6.80. The molecule has 0 aliphatic heterocycles. The van der Waals surface area contributed by atoms with Gasteiger partial charge in [0.15, 0.2) is 0 Å². The predicted molar refractivity (Wildman–Crippen MR) is 31.2 cm³/mol. The topological polar surface area (TPSA) is 55.4 Å². The summed E-state index contributed by atoms with van der Waals surface area (Å²) in [6.45, 7) is 4.32. The molecule has 0 radical (unpaired) electrons. The van der Waals surface area contributed by atoms with Gasteiger partial charge in [-0.05, 0) is 6.08 Å². The Bertz CT molecular complexity index is 151. The molecule has 4 nitrogen and oxygen atoms in total. The minimum atomic E-state index is -0.565. The third-order valence-corrected chi connectivity index (χ3v) is 0.481. The minimum Gasteiger partial charge on any atom is -1.00 e. The summed E-state index contributed by atoms with van der Waals surface area (Å²) >= 11 is 0. The molecule has 0 aromatic rings. The Morgan fingerprint density at radius 3 is 2.50 bits per heavy atom. The van der Waals surface area contributed by atoms with E-state index in [-0.39, 0.29) is 31.0 Å². The van der Waals surface area contributed by atoms with Gasteiger partial charge in [-0.3, -0.25) is 9.59 Å². The number of hydroxylamine groups is 1. The second-order valence-corrected chi connectivity index (χ2v) is 1.26.